The summed E-state index contributed by atoms with van der Waals surface area (Å²) in [5, 5.41) is 7.83. The van der Waals surface area contributed by atoms with E-state index in [1.54, 1.807) is 48.5 Å². The number of nitrogens with zero attached hydrogens (tertiary/aromatic N) is 6. The number of halogens is 5. The molecule has 0 saturated carbocycles. The van der Waals surface area contributed by atoms with E-state index in [0.717, 1.165) is 11.0 Å². The van der Waals surface area contributed by atoms with E-state index in [-0.39, 0.29) is 35.1 Å². The average molecular weight is 735 g/mol. The fourth-order valence-corrected chi connectivity index (χ4v) is 6.50. The lowest BCUT2D eigenvalue weighted by atomic mass is 9.75. The van der Waals surface area contributed by atoms with Crippen LogP contribution in [0.15, 0.2) is 90.3 Å². The van der Waals surface area contributed by atoms with Crippen molar-refractivity contribution in [2.75, 3.05) is 0 Å². The monoisotopic (exact) mass is 734 g/mol. The molecule has 10 nitrogen and oxygen atoms in total. The number of hydrogen-bond acceptors (Lipinski definition) is 6. The number of aliphatic imine (C=N–C) groups is 1. The summed E-state index contributed by atoms with van der Waals surface area (Å²) >= 11 is 6.43. The second-order valence-electron chi connectivity index (χ2n) is 13.4. The van der Waals surface area contributed by atoms with Crippen LogP contribution in [0.1, 0.15) is 74.3 Å². The van der Waals surface area contributed by atoms with Crippen LogP contribution >= 0.6 is 11.6 Å². The fourth-order valence-electron chi connectivity index (χ4n) is 6.30. The van der Waals surface area contributed by atoms with Crippen molar-refractivity contribution in [2.45, 2.75) is 58.2 Å². The van der Waals surface area contributed by atoms with Gasteiger partial charge in [0.2, 0.25) is 5.96 Å². The number of carbonyl (C=O) groups excluding carboxylic acids is 2. The number of benzene rings is 3. The molecule has 0 bridgehead atoms. The molecule has 1 fully saturated rings. The highest BCUT2D eigenvalue weighted by Crippen LogP contribution is 2.43. The number of pyridine rings is 1. The number of hydrogen-bond donors (Lipinski definition) is 1. The van der Waals surface area contributed by atoms with Crippen LogP contribution in [0.3, 0.4) is 0 Å². The van der Waals surface area contributed by atoms with Crippen molar-refractivity contribution in [1.29, 1.82) is 0 Å². The largest absolute Gasteiger partial charge is 0.443 e. The summed E-state index contributed by atoms with van der Waals surface area (Å²) in [6, 6.07) is 18.5. The number of aromatic nitrogens is 4. The molecule has 1 radical (unpaired) electrons. The van der Waals surface area contributed by atoms with Gasteiger partial charge in [0, 0.05) is 11.6 Å². The molecule has 6 rings (SSSR count). The average Bonchev–Trinajstić information content (AvgIpc) is 3.69. The van der Waals surface area contributed by atoms with Crippen LogP contribution in [0.5, 0.6) is 0 Å². The first-order valence-electron chi connectivity index (χ1n) is 16.1. The van der Waals surface area contributed by atoms with E-state index in [4.69, 9.17) is 16.3 Å². The Kier molecular flexibility index (Phi) is 10.0. The van der Waals surface area contributed by atoms with Gasteiger partial charge in [-0.05, 0) is 65.1 Å². The molecule has 1 aliphatic rings. The third-order valence-corrected chi connectivity index (χ3v) is 8.81. The van der Waals surface area contributed by atoms with Gasteiger partial charge in [-0.25, -0.2) is 32.0 Å². The zero-order valence-corrected chi connectivity index (χ0v) is 29.0. The number of fused-ring (bicyclic) bond motifs is 1. The van der Waals surface area contributed by atoms with Crippen molar-refractivity contribution in [1.82, 2.24) is 30.0 Å². The Labute approximate surface area is 301 Å². The summed E-state index contributed by atoms with van der Waals surface area (Å²) in [5.74, 6) is -1.40. The minimum Gasteiger partial charge on any atom is -0.443 e. The third-order valence-electron chi connectivity index (χ3n) is 8.49. The van der Waals surface area contributed by atoms with E-state index in [1.807, 2.05) is 26.8 Å². The van der Waals surface area contributed by atoms with Crippen LogP contribution in [0.25, 0.3) is 16.5 Å². The van der Waals surface area contributed by atoms with Crippen LogP contribution in [0, 0.1) is 12.3 Å². The van der Waals surface area contributed by atoms with E-state index < -0.39 is 53.4 Å². The highest BCUT2D eigenvalue weighted by atomic mass is 35.5. The van der Waals surface area contributed by atoms with Crippen LogP contribution in [0.4, 0.5) is 22.4 Å². The van der Waals surface area contributed by atoms with Crippen LogP contribution < -0.4 is 5.32 Å². The highest BCUT2D eigenvalue weighted by molar-refractivity contribution is 6.32. The van der Waals surface area contributed by atoms with E-state index in [9.17, 15) is 22.4 Å². The number of alkyl halides is 4. The van der Waals surface area contributed by atoms with Crippen LogP contribution in [-0.4, -0.2) is 42.6 Å². The Morgan fingerprint density at radius 3 is 2.46 bits per heavy atom. The molecular weight excluding hydrogens is 702 g/mol. The summed E-state index contributed by atoms with van der Waals surface area (Å²) in [7, 11) is 0. The second kappa shape index (κ2) is 14.3. The van der Waals surface area contributed by atoms with Gasteiger partial charge < -0.3 is 10.1 Å². The smallest absolute Gasteiger partial charge is 0.437 e. The molecule has 1 aliphatic heterocycles. The molecule has 15 heteroatoms. The molecule has 3 heterocycles. The number of rotatable bonds is 9. The van der Waals surface area contributed by atoms with Crippen molar-refractivity contribution >= 4 is 40.3 Å². The molecule has 269 valence electrons. The Balaban J connectivity index is 1.48. The van der Waals surface area contributed by atoms with Crippen molar-refractivity contribution in [3.63, 3.8) is 0 Å². The van der Waals surface area contributed by atoms with Gasteiger partial charge in [0.15, 0.2) is 5.82 Å². The quantitative estimate of drug-likeness (QED) is 0.151. The Morgan fingerprint density at radius 1 is 1.02 bits per heavy atom. The van der Waals surface area contributed by atoms with Gasteiger partial charge in [-0.1, -0.05) is 80.9 Å². The van der Waals surface area contributed by atoms with Crippen molar-refractivity contribution in [3.05, 3.63) is 125 Å². The molecule has 3 aromatic carbocycles. The zero-order chi connectivity index (χ0) is 37.4. The molecule has 2 amide bonds. The Bertz CT molecular complexity index is 2160. The number of amides is 2. The summed E-state index contributed by atoms with van der Waals surface area (Å²) in [6.07, 6.45) is -4.40. The van der Waals surface area contributed by atoms with Crippen molar-refractivity contribution in [2.24, 2.45) is 10.4 Å². The van der Waals surface area contributed by atoms with Crippen LogP contribution in [-0.2, 0) is 21.7 Å². The standard InChI is InChI=1S/C37H33ClF4N7O3/c1-21(23-10-13-27(38)28(17-23)49-32(31(41)42)44-20-45-49)48-33(50)37(19-36(2,3)4,25-11-12-26-24(16-25)14-15-43-29(26)30(39)40)47-34(48)46-35(51)52-18-22-8-6-5-7-9-22/h5-17,20-21,30-31H,1,18-19H2,2-4H3,(H,46,47,51)/t21-,37+/m0/s1. The maximum Gasteiger partial charge on any atom is 0.437 e. The van der Waals surface area contributed by atoms with E-state index in [0.29, 0.717) is 22.1 Å². The number of ether oxygens (including phenoxy) is 1. The van der Waals surface area contributed by atoms with Crippen molar-refractivity contribution < 1.29 is 31.9 Å². The zero-order valence-electron chi connectivity index (χ0n) is 28.2. The summed E-state index contributed by atoms with van der Waals surface area (Å²) in [5.41, 5.74) is -1.01. The molecule has 1 N–H and O–H groups in total. The minimum absolute atomic E-state index is 0.0555. The van der Waals surface area contributed by atoms with Gasteiger partial charge in [-0.2, -0.15) is 5.10 Å². The lowest BCUT2D eigenvalue weighted by molar-refractivity contribution is -0.133. The first kappa shape index (κ1) is 36.4. The number of guanidine groups is 1. The molecule has 2 aromatic heterocycles. The predicted octanol–water partition coefficient (Wildman–Crippen LogP) is 8.68. The topological polar surface area (TPSA) is 115 Å². The fraction of sp³-hybridized carbons (Fsp3) is 0.270. The molecule has 2 atom stereocenters. The lowest BCUT2D eigenvalue weighted by Gasteiger charge is -2.35. The third kappa shape index (κ3) is 7.20. The predicted molar refractivity (Wildman–Crippen MR) is 186 cm³/mol. The molecule has 0 spiro atoms. The lowest BCUT2D eigenvalue weighted by Crippen LogP contribution is -2.47. The Morgan fingerprint density at radius 2 is 1.77 bits per heavy atom. The molecule has 5 aromatic rings. The van der Waals surface area contributed by atoms with Crippen LogP contribution in [0.2, 0.25) is 5.02 Å². The number of carbonyl (C=O) groups is 2. The molecule has 1 saturated heterocycles. The summed E-state index contributed by atoms with van der Waals surface area (Å²) in [6.45, 7) is 9.91. The first-order valence-corrected chi connectivity index (χ1v) is 16.5. The maximum atomic E-state index is 15.0. The van der Waals surface area contributed by atoms with Crippen molar-refractivity contribution in [3.8, 4) is 5.69 Å². The van der Waals surface area contributed by atoms with Gasteiger partial charge in [0.05, 0.1) is 16.8 Å². The molecule has 0 aliphatic carbocycles. The highest BCUT2D eigenvalue weighted by Gasteiger charge is 2.54. The molecule has 52 heavy (non-hydrogen) atoms. The van der Waals surface area contributed by atoms with E-state index in [2.05, 4.69) is 32.3 Å². The summed E-state index contributed by atoms with van der Waals surface area (Å²) in [4.78, 5) is 41.2. The van der Waals surface area contributed by atoms with Gasteiger partial charge in [-0.3, -0.25) is 14.7 Å². The minimum atomic E-state index is -2.96. The SMILES string of the molecule is [CH2][C@@H](c1ccc(Cl)c(-n2ncnc2C(F)F)c1)N1C(=O)[C@@](CC(C)(C)C)(c2ccc3c(C(F)F)nccc3c2)N/C1=N/C(=O)OCc1ccccc1. The number of nitrogens with one attached hydrogen (secondary N) is 1. The van der Waals surface area contributed by atoms with E-state index in [1.165, 1.54) is 29.3 Å². The molecule has 0 unspecified atom stereocenters. The van der Waals surface area contributed by atoms with Gasteiger partial charge >= 0.3 is 6.09 Å². The normalized spacial score (nSPS) is 17.7. The maximum absolute atomic E-state index is 15.0. The first-order chi connectivity index (χ1) is 24.7. The van der Waals surface area contributed by atoms with Gasteiger partial charge in [0.1, 0.15) is 24.2 Å². The van der Waals surface area contributed by atoms with Gasteiger partial charge in [-0.15, -0.1) is 4.99 Å². The Hall–Kier alpha value is -5.37. The van der Waals surface area contributed by atoms with Gasteiger partial charge in [0.25, 0.3) is 18.8 Å². The summed E-state index contributed by atoms with van der Waals surface area (Å²) < 4.78 is 61.6. The molecular formula is C37H33ClF4N7O3. The second-order valence-corrected chi connectivity index (χ2v) is 13.8. The van der Waals surface area contributed by atoms with E-state index >= 15 is 4.79 Å².